The molecule has 0 spiro atoms. The molecular weight excluding hydrogens is 242 g/mol. The zero-order valence-electron chi connectivity index (χ0n) is 12.2. The number of pyridine rings is 1. The highest BCUT2D eigenvalue weighted by Gasteiger charge is 2.15. The highest BCUT2D eigenvalue weighted by atomic mass is 16.4. The molecule has 0 unspecified atom stereocenters. The molecule has 5 heteroatoms. The van der Waals surface area contributed by atoms with Gasteiger partial charge < -0.3 is 14.9 Å². The molecule has 0 aromatic carbocycles. The number of aryl methyl sites for hydroxylation is 1. The third-order valence-corrected chi connectivity index (χ3v) is 3.01. The van der Waals surface area contributed by atoms with Crippen LogP contribution in [0.15, 0.2) is 12.3 Å². The molecule has 0 saturated carbocycles. The molecule has 1 heterocycles. The number of carboxylic acids is 1. The summed E-state index contributed by atoms with van der Waals surface area (Å²) in [6.45, 7) is 6.54. The molecule has 0 fully saturated rings. The van der Waals surface area contributed by atoms with Crippen LogP contribution in [0.2, 0.25) is 0 Å². The van der Waals surface area contributed by atoms with Crippen molar-refractivity contribution in [3.05, 3.63) is 23.5 Å². The number of nitrogens with zero attached hydrogens (tertiary/aromatic N) is 3. The van der Waals surface area contributed by atoms with Crippen LogP contribution in [0.5, 0.6) is 0 Å². The standard InChI is InChI=1S/C14H23N3O2/c1-5-17(8-6-7-16(3)4)13-9-11(2)15-10-12(13)14(18)19/h9-10H,5-8H2,1-4H3,(H,18,19). The molecule has 106 valence electrons. The van der Waals surface area contributed by atoms with E-state index in [1.165, 1.54) is 6.20 Å². The van der Waals surface area contributed by atoms with Crippen molar-refractivity contribution < 1.29 is 9.90 Å². The van der Waals surface area contributed by atoms with Gasteiger partial charge in [0, 0.05) is 25.0 Å². The van der Waals surface area contributed by atoms with Crippen molar-refractivity contribution >= 4 is 11.7 Å². The second-order valence-corrected chi connectivity index (χ2v) is 4.88. The minimum Gasteiger partial charge on any atom is -0.478 e. The highest BCUT2D eigenvalue weighted by Crippen LogP contribution is 2.21. The summed E-state index contributed by atoms with van der Waals surface area (Å²) in [5.74, 6) is -0.923. The van der Waals surface area contributed by atoms with Gasteiger partial charge in [-0.25, -0.2) is 4.79 Å². The zero-order valence-corrected chi connectivity index (χ0v) is 12.2. The normalized spacial score (nSPS) is 10.8. The Balaban J connectivity index is 2.90. The lowest BCUT2D eigenvalue weighted by Crippen LogP contribution is -2.28. The number of aromatic nitrogens is 1. The second-order valence-electron chi connectivity index (χ2n) is 4.88. The summed E-state index contributed by atoms with van der Waals surface area (Å²) in [4.78, 5) is 19.6. The van der Waals surface area contributed by atoms with Crippen LogP contribution in [0.4, 0.5) is 5.69 Å². The van der Waals surface area contributed by atoms with Crippen molar-refractivity contribution in [2.24, 2.45) is 0 Å². The van der Waals surface area contributed by atoms with E-state index in [2.05, 4.69) is 14.8 Å². The van der Waals surface area contributed by atoms with E-state index in [1.54, 1.807) is 0 Å². The van der Waals surface area contributed by atoms with E-state index in [0.717, 1.165) is 37.4 Å². The van der Waals surface area contributed by atoms with Gasteiger partial charge in [-0.05, 0) is 47.0 Å². The van der Waals surface area contributed by atoms with E-state index in [9.17, 15) is 9.90 Å². The average Bonchev–Trinajstić information content (AvgIpc) is 2.33. The van der Waals surface area contributed by atoms with Gasteiger partial charge in [0.1, 0.15) is 5.56 Å². The molecule has 1 rings (SSSR count). The lowest BCUT2D eigenvalue weighted by molar-refractivity contribution is 0.0697. The molecule has 0 atom stereocenters. The third kappa shape index (κ3) is 4.52. The Morgan fingerprint density at radius 3 is 2.58 bits per heavy atom. The molecule has 5 nitrogen and oxygen atoms in total. The Kier molecular flexibility index (Phi) is 5.76. The molecule has 1 aromatic heterocycles. The highest BCUT2D eigenvalue weighted by molar-refractivity contribution is 5.94. The van der Waals surface area contributed by atoms with E-state index >= 15 is 0 Å². The number of hydrogen-bond donors (Lipinski definition) is 1. The monoisotopic (exact) mass is 265 g/mol. The molecule has 1 aromatic rings. The molecule has 0 aliphatic rings. The van der Waals surface area contributed by atoms with Gasteiger partial charge in [-0.3, -0.25) is 4.98 Å². The first kappa shape index (κ1) is 15.4. The summed E-state index contributed by atoms with van der Waals surface area (Å²) in [7, 11) is 4.07. The maximum atomic E-state index is 11.3. The van der Waals surface area contributed by atoms with E-state index in [4.69, 9.17) is 0 Å². The van der Waals surface area contributed by atoms with Gasteiger partial charge in [-0.2, -0.15) is 0 Å². The minimum atomic E-state index is -0.923. The Morgan fingerprint density at radius 2 is 2.05 bits per heavy atom. The molecule has 0 bridgehead atoms. The number of carbonyl (C=O) groups is 1. The first-order chi connectivity index (χ1) is 8.95. The van der Waals surface area contributed by atoms with Gasteiger partial charge in [0.05, 0.1) is 5.69 Å². The maximum absolute atomic E-state index is 11.3. The van der Waals surface area contributed by atoms with Gasteiger partial charge in [-0.1, -0.05) is 0 Å². The Hall–Kier alpha value is -1.62. The van der Waals surface area contributed by atoms with Crippen LogP contribution < -0.4 is 4.90 Å². The molecule has 0 saturated heterocycles. The topological polar surface area (TPSA) is 56.7 Å². The van der Waals surface area contributed by atoms with Crippen molar-refractivity contribution in [1.29, 1.82) is 0 Å². The lowest BCUT2D eigenvalue weighted by Gasteiger charge is -2.25. The summed E-state index contributed by atoms with van der Waals surface area (Å²) in [6.07, 6.45) is 2.45. The molecule has 0 amide bonds. The molecule has 0 radical (unpaired) electrons. The summed E-state index contributed by atoms with van der Waals surface area (Å²) >= 11 is 0. The van der Waals surface area contributed by atoms with Crippen molar-refractivity contribution in [3.63, 3.8) is 0 Å². The number of anilines is 1. The molecular formula is C14H23N3O2. The van der Waals surface area contributed by atoms with Gasteiger partial charge in [0.2, 0.25) is 0 Å². The fourth-order valence-corrected chi connectivity index (χ4v) is 2.00. The molecule has 1 N–H and O–H groups in total. The quantitative estimate of drug-likeness (QED) is 0.815. The third-order valence-electron chi connectivity index (χ3n) is 3.01. The van der Waals surface area contributed by atoms with Crippen molar-refractivity contribution in [2.75, 3.05) is 38.6 Å². The van der Waals surface area contributed by atoms with E-state index in [0.29, 0.717) is 0 Å². The van der Waals surface area contributed by atoms with Crippen molar-refractivity contribution in [1.82, 2.24) is 9.88 Å². The minimum absolute atomic E-state index is 0.275. The SMILES string of the molecule is CCN(CCCN(C)C)c1cc(C)ncc1C(=O)O. The lowest BCUT2D eigenvalue weighted by atomic mass is 10.1. The van der Waals surface area contributed by atoms with Crippen LogP contribution in [0, 0.1) is 6.92 Å². The van der Waals surface area contributed by atoms with Gasteiger partial charge >= 0.3 is 5.97 Å². The molecule has 19 heavy (non-hydrogen) atoms. The summed E-state index contributed by atoms with van der Waals surface area (Å²) in [6, 6.07) is 1.85. The van der Waals surface area contributed by atoms with Crippen LogP contribution in [-0.2, 0) is 0 Å². The number of aromatic carboxylic acids is 1. The van der Waals surface area contributed by atoms with Gasteiger partial charge in [0.15, 0.2) is 0 Å². The van der Waals surface area contributed by atoms with E-state index < -0.39 is 5.97 Å². The average molecular weight is 265 g/mol. The van der Waals surface area contributed by atoms with Crippen LogP contribution in [0.1, 0.15) is 29.4 Å². The molecule has 0 aliphatic heterocycles. The fraction of sp³-hybridized carbons (Fsp3) is 0.571. The zero-order chi connectivity index (χ0) is 14.4. The maximum Gasteiger partial charge on any atom is 0.339 e. The van der Waals surface area contributed by atoms with Crippen molar-refractivity contribution in [2.45, 2.75) is 20.3 Å². The Morgan fingerprint density at radius 1 is 1.37 bits per heavy atom. The van der Waals surface area contributed by atoms with Crippen LogP contribution in [0.3, 0.4) is 0 Å². The van der Waals surface area contributed by atoms with Crippen LogP contribution in [0.25, 0.3) is 0 Å². The van der Waals surface area contributed by atoms with Crippen LogP contribution in [-0.4, -0.2) is 54.7 Å². The van der Waals surface area contributed by atoms with E-state index in [1.807, 2.05) is 34.0 Å². The summed E-state index contributed by atoms with van der Waals surface area (Å²) in [5.41, 5.74) is 1.88. The first-order valence-corrected chi connectivity index (χ1v) is 6.55. The smallest absolute Gasteiger partial charge is 0.339 e. The Bertz CT molecular complexity index is 433. The molecule has 0 aliphatic carbocycles. The predicted octanol–water partition coefficient (Wildman–Crippen LogP) is 1.87. The second kappa shape index (κ2) is 7.09. The summed E-state index contributed by atoms with van der Waals surface area (Å²) < 4.78 is 0. The van der Waals surface area contributed by atoms with Gasteiger partial charge in [-0.15, -0.1) is 0 Å². The first-order valence-electron chi connectivity index (χ1n) is 6.55. The van der Waals surface area contributed by atoms with Crippen molar-refractivity contribution in [3.8, 4) is 0 Å². The predicted molar refractivity (Wildman–Crippen MR) is 77.0 cm³/mol. The van der Waals surface area contributed by atoms with E-state index in [-0.39, 0.29) is 5.56 Å². The number of carboxylic acid groups (broad SMARTS) is 1. The Labute approximate surface area is 114 Å². The van der Waals surface area contributed by atoms with Gasteiger partial charge in [0.25, 0.3) is 0 Å². The number of rotatable bonds is 7. The van der Waals surface area contributed by atoms with Crippen LogP contribution >= 0.6 is 0 Å². The largest absolute Gasteiger partial charge is 0.478 e. The summed E-state index contributed by atoms with van der Waals surface area (Å²) in [5, 5.41) is 9.24. The number of hydrogen-bond acceptors (Lipinski definition) is 4. The fourth-order valence-electron chi connectivity index (χ4n) is 2.00.